The second kappa shape index (κ2) is 9.74. The predicted molar refractivity (Wildman–Crippen MR) is 127 cm³/mol. The number of aromatic nitrogens is 4. The maximum atomic E-state index is 12.2. The molecule has 0 unspecified atom stereocenters. The molecule has 0 aliphatic heterocycles. The van der Waals surface area contributed by atoms with Crippen molar-refractivity contribution in [3.8, 4) is 21.1 Å². The first-order valence-corrected chi connectivity index (χ1v) is 11.6. The Bertz CT molecular complexity index is 1200. The highest BCUT2D eigenvalue weighted by Crippen LogP contribution is 2.34. The van der Waals surface area contributed by atoms with E-state index in [0.717, 1.165) is 26.8 Å². The van der Waals surface area contributed by atoms with Crippen LogP contribution in [0.3, 0.4) is 0 Å². The van der Waals surface area contributed by atoms with Crippen molar-refractivity contribution in [3.63, 3.8) is 0 Å². The van der Waals surface area contributed by atoms with Crippen LogP contribution in [-0.4, -0.2) is 31.8 Å². The molecule has 1 amide bonds. The Morgan fingerprint density at radius 1 is 1.13 bits per heavy atom. The lowest BCUT2D eigenvalue weighted by Gasteiger charge is -2.06. The second-order valence-corrected chi connectivity index (χ2v) is 9.29. The van der Waals surface area contributed by atoms with E-state index < -0.39 is 0 Å². The molecule has 0 atom stereocenters. The molecule has 0 saturated carbocycles. The number of nitrogens with one attached hydrogen (secondary N) is 1. The molecule has 0 aliphatic rings. The molecule has 1 N–H and O–H groups in total. The molecule has 156 valence electrons. The molecule has 31 heavy (non-hydrogen) atoms. The van der Waals surface area contributed by atoms with Gasteiger partial charge in [0.15, 0.2) is 0 Å². The Morgan fingerprint density at radius 2 is 1.94 bits per heavy atom. The highest BCUT2D eigenvalue weighted by Gasteiger charge is 2.13. The van der Waals surface area contributed by atoms with Gasteiger partial charge in [0.25, 0.3) is 0 Å². The van der Waals surface area contributed by atoms with Crippen molar-refractivity contribution in [1.82, 2.24) is 20.2 Å². The molecule has 0 aliphatic carbocycles. The van der Waals surface area contributed by atoms with E-state index in [1.807, 2.05) is 31.2 Å². The standard InChI is InChI=1S/C21H15Cl2N5OS2/c1-12-20(31-21(25-12)13-3-2-6-24-10-13)17-4-5-19(28-27-17)30-11-18(29)26-16-8-14(22)7-15(23)9-16/h2-10H,11H2,1H3,(H,26,29). The molecule has 0 fully saturated rings. The zero-order valence-corrected chi connectivity index (χ0v) is 19.3. The summed E-state index contributed by atoms with van der Waals surface area (Å²) in [4.78, 5) is 21.9. The summed E-state index contributed by atoms with van der Waals surface area (Å²) >= 11 is 14.7. The van der Waals surface area contributed by atoms with Gasteiger partial charge in [-0.15, -0.1) is 21.5 Å². The van der Waals surface area contributed by atoms with Gasteiger partial charge in [-0.3, -0.25) is 9.78 Å². The number of hydrogen-bond donors (Lipinski definition) is 1. The average molecular weight is 488 g/mol. The van der Waals surface area contributed by atoms with Crippen LogP contribution in [0.5, 0.6) is 0 Å². The summed E-state index contributed by atoms with van der Waals surface area (Å²) < 4.78 is 0. The monoisotopic (exact) mass is 487 g/mol. The highest BCUT2D eigenvalue weighted by atomic mass is 35.5. The summed E-state index contributed by atoms with van der Waals surface area (Å²) in [7, 11) is 0. The predicted octanol–water partition coefficient (Wildman–Crippen LogP) is 6.01. The van der Waals surface area contributed by atoms with E-state index in [4.69, 9.17) is 23.2 Å². The number of pyridine rings is 1. The van der Waals surface area contributed by atoms with Gasteiger partial charge in [0.05, 0.1) is 16.3 Å². The summed E-state index contributed by atoms with van der Waals surface area (Å²) in [5.74, 6) is -0.00303. The van der Waals surface area contributed by atoms with E-state index in [1.54, 1.807) is 41.9 Å². The quantitative estimate of drug-likeness (QED) is 0.335. The van der Waals surface area contributed by atoms with E-state index in [-0.39, 0.29) is 11.7 Å². The van der Waals surface area contributed by atoms with Crippen molar-refractivity contribution >= 4 is 57.9 Å². The van der Waals surface area contributed by atoms with Gasteiger partial charge in [-0.1, -0.05) is 35.0 Å². The highest BCUT2D eigenvalue weighted by molar-refractivity contribution is 7.99. The molecule has 0 bridgehead atoms. The molecular formula is C21H15Cl2N5OS2. The molecule has 10 heteroatoms. The van der Waals surface area contributed by atoms with Gasteiger partial charge >= 0.3 is 0 Å². The number of aryl methyl sites for hydroxylation is 1. The number of anilines is 1. The zero-order chi connectivity index (χ0) is 21.8. The van der Waals surface area contributed by atoms with Gasteiger partial charge in [-0.2, -0.15) is 0 Å². The Kier molecular flexibility index (Phi) is 6.82. The van der Waals surface area contributed by atoms with Crippen LogP contribution in [0, 0.1) is 6.92 Å². The van der Waals surface area contributed by atoms with Gasteiger partial charge in [-0.05, 0) is 49.4 Å². The lowest BCUT2D eigenvalue weighted by atomic mass is 10.3. The van der Waals surface area contributed by atoms with Crippen LogP contribution in [0.1, 0.15) is 5.69 Å². The number of thioether (sulfide) groups is 1. The van der Waals surface area contributed by atoms with Crippen LogP contribution in [0.4, 0.5) is 5.69 Å². The third kappa shape index (κ3) is 5.59. The summed E-state index contributed by atoms with van der Waals surface area (Å²) in [6, 6.07) is 12.5. The van der Waals surface area contributed by atoms with Crippen LogP contribution >= 0.6 is 46.3 Å². The number of carbonyl (C=O) groups is 1. The molecule has 6 nitrogen and oxygen atoms in total. The molecule has 0 saturated heterocycles. The molecule has 3 heterocycles. The summed E-state index contributed by atoms with van der Waals surface area (Å²) in [5.41, 5.74) is 3.15. The van der Waals surface area contributed by atoms with Crippen LogP contribution in [0.25, 0.3) is 21.1 Å². The number of thiazole rings is 1. The maximum absolute atomic E-state index is 12.2. The molecule has 4 aromatic rings. The van der Waals surface area contributed by atoms with Crippen LogP contribution < -0.4 is 5.32 Å². The zero-order valence-electron chi connectivity index (χ0n) is 16.2. The number of carbonyl (C=O) groups excluding carboxylic acids is 1. The fourth-order valence-electron chi connectivity index (χ4n) is 2.73. The number of hydrogen-bond acceptors (Lipinski definition) is 7. The fraction of sp³-hybridized carbons (Fsp3) is 0.0952. The minimum atomic E-state index is -0.186. The van der Waals surface area contributed by atoms with Crippen molar-refractivity contribution in [2.24, 2.45) is 0 Å². The Labute approximate surface area is 197 Å². The lowest BCUT2D eigenvalue weighted by Crippen LogP contribution is -2.14. The normalized spacial score (nSPS) is 10.8. The van der Waals surface area contributed by atoms with Gasteiger partial charge in [0, 0.05) is 33.7 Å². The number of halogens is 2. The first kappa shape index (κ1) is 21.7. The molecule has 1 aromatic carbocycles. The van der Waals surface area contributed by atoms with Gasteiger partial charge < -0.3 is 5.32 Å². The minimum Gasteiger partial charge on any atom is -0.325 e. The van der Waals surface area contributed by atoms with Crippen molar-refractivity contribution < 1.29 is 4.79 Å². The van der Waals surface area contributed by atoms with E-state index in [2.05, 4.69) is 25.5 Å². The molecule has 0 spiro atoms. The summed E-state index contributed by atoms with van der Waals surface area (Å²) in [5, 5.41) is 13.8. The maximum Gasteiger partial charge on any atom is 0.234 e. The van der Waals surface area contributed by atoms with E-state index in [0.29, 0.717) is 20.8 Å². The van der Waals surface area contributed by atoms with E-state index >= 15 is 0 Å². The number of rotatable bonds is 6. The van der Waals surface area contributed by atoms with Gasteiger partial charge in [0.1, 0.15) is 15.7 Å². The smallest absolute Gasteiger partial charge is 0.234 e. The van der Waals surface area contributed by atoms with Crippen molar-refractivity contribution in [2.45, 2.75) is 11.9 Å². The van der Waals surface area contributed by atoms with Crippen molar-refractivity contribution in [3.05, 3.63) is 70.6 Å². The van der Waals surface area contributed by atoms with Crippen LogP contribution in [-0.2, 0) is 4.79 Å². The number of amides is 1. The van der Waals surface area contributed by atoms with Crippen LogP contribution in [0.2, 0.25) is 10.0 Å². The van der Waals surface area contributed by atoms with Crippen molar-refractivity contribution in [1.29, 1.82) is 0 Å². The summed E-state index contributed by atoms with van der Waals surface area (Å²) in [6.45, 7) is 1.95. The molecular weight excluding hydrogens is 473 g/mol. The Balaban J connectivity index is 1.39. The fourth-order valence-corrected chi connectivity index (χ4v) is 4.89. The van der Waals surface area contributed by atoms with E-state index in [9.17, 15) is 4.79 Å². The van der Waals surface area contributed by atoms with Gasteiger partial charge in [0.2, 0.25) is 5.91 Å². The Hall–Kier alpha value is -2.52. The molecule has 4 rings (SSSR count). The first-order valence-electron chi connectivity index (χ1n) is 9.08. The largest absolute Gasteiger partial charge is 0.325 e. The Morgan fingerprint density at radius 3 is 2.61 bits per heavy atom. The molecule has 0 radical (unpaired) electrons. The number of nitrogens with zero attached hydrogens (tertiary/aromatic N) is 4. The SMILES string of the molecule is Cc1nc(-c2cccnc2)sc1-c1ccc(SCC(=O)Nc2cc(Cl)cc(Cl)c2)nn1. The molecule has 3 aromatic heterocycles. The topological polar surface area (TPSA) is 80.7 Å². The second-order valence-electron chi connectivity index (χ2n) is 6.43. The van der Waals surface area contributed by atoms with E-state index in [1.165, 1.54) is 11.8 Å². The minimum absolute atomic E-state index is 0.183. The third-order valence-corrected chi connectivity index (χ3v) is 6.66. The average Bonchev–Trinajstić information content (AvgIpc) is 3.14. The first-order chi connectivity index (χ1) is 15.0. The number of benzene rings is 1. The van der Waals surface area contributed by atoms with Gasteiger partial charge in [-0.25, -0.2) is 4.98 Å². The summed E-state index contributed by atoms with van der Waals surface area (Å²) in [6.07, 6.45) is 3.52. The van der Waals surface area contributed by atoms with Crippen molar-refractivity contribution in [2.75, 3.05) is 11.1 Å². The third-order valence-electron chi connectivity index (χ3n) is 4.08. The lowest BCUT2D eigenvalue weighted by molar-refractivity contribution is -0.113. The van der Waals surface area contributed by atoms with Crippen LogP contribution in [0.15, 0.2) is 59.9 Å².